The van der Waals surface area contributed by atoms with Crippen molar-refractivity contribution in [2.75, 3.05) is 11.1 Å². The molecular formula is C25H20F3N9O. The Kier molecular flexibility index (Phi) is 5.55. The number of H-pyrrole nitrogens is 1. The van der Waals surface area contributed by atoms with Gasteiger partial charge in [0.25, 0.3) is 5.91 Å². The van der Waals surface area contributed by atoms with Gasteiger partial charge in [0.1, 0.15) is 23.7 Å². The summed E-state index contributed by atoms with van der Waals surface area (Å²) in [4.78, 5) is 25.1. The molecule has 1 aliphatic rings. The topological polar surface area (TPSA) is 140 Å². The van der Waals surface area contributed by atoms with E-state index in [1.54, 1.807) is 24.3 Å². The number of nitrogens with two attached hydrogens (primary N) is 1. The van der Waals surface area contributed by atoms with Gasteiger partial charge in [-0.1, -0.05) is 12.1 Å². The average molecular weight is 519 g/mol. The van der Waals surface area contributed by atoms with Gasteiger partial charge in [-0.2, -0.15) is 23.4 Å². The zero-order chi connectivity index (χ0) is 26.4. The summed E-state index contributed by atoms with van der Waals surface area (Å²) in [7, 11) is 0. The lowest BCUT2D eigenvalue weighted by molar-refractivity contribution is -0.137. The van der Waals surface area contributed by atoms with Gasteiger partial charge in [-0.05, 0) is 43.5 Å². The Morgan fingerprint density at radius 3 is 2.74 bits per heavy atom. The minimum Gasteiger partial charge on any atom is -0.383 e. The van der Waals surface area contributed by atoms with Crippen molar-refractivity contribution in [3.8, 4) is 11.3 Å². The van der Waals surface area contributed by atoms with Crippen molar-refractivity contribution >= 4 is 28.6 Å². The van der Waals surface area contributed by atoms with Gasteiger partial charge >= 0.3 is 6.18 Å². The lowest BCUT2D eigenvalue weighted by Crippen LogP contribution is -2.18. The number of halogens is 3. The maximum Gasteiger partial charge on any atom is 0.416 e. The Morgan fingerprint density at radius 2 is 1.95 bits per heavy atom. The van der Waals surface area contributed by atoms with E-state index in [0.29, 0.717) is 22.3 Å². The van der Waals surface area contributed by atoms with Crippen LogP contribution in [0.1, 0.15) is 46.1 Å². The van der Waals surface area contributed by atoms with Gasteiger partial charge in [0, 0.05) is 28.6 Å². The number of carbonyl (C=O) groups excluding carboxylic acids is 1. The molecule has 0 saturated carbocycles. The predicted octanol–water partition coefficient (Wildman–Crippen LogP) is 4.39. The smallest absolute Gasteiger partial charge is 0.383 e. The molecule has 38 heavy (non-hydrogen) atoms. The molecule has 1 aliphatic carbocycles. The number of nitrogens with zero attached hydrogens (tertiary/aromatic N) is 6. The Morgan fingerprint density at radius 1 is 1.13 bits per heavy atom. The maximum absolute atomic E-state index is 13.0. The van der Waals surface area contributed by atoms with Crippen LogP contribution in [-0.4, -0.2) is 40.8 Å². The number of hydrogen-bond acceptors (Lipinski definition) is 7. The third-order valence-corrected chi connectivity index (χ3v) is 6.58. The summed E-state index contributed by atoms with van der Waals surface area (Å²) < 4.78 is 40.8. The zero-order valence-electron chi connectivity index (χ0n) is 19.7. The van der Waals surface area contributed by atoms with Gasteiger partial charge in [0.15, 0.2) is 5.65 Å². The molecule has 1 atom stereocenters. The van der Waals surface area contributed by atoms with Crippen molar-refractivity contribution in [1.29, 1.82) is 0 Å². The van der Waals surface area contributed by atoms with Crippen LogP contribution >= 0.6 is 0 Å². The molecule has 0 spiro atoms. The van der Waals surface area contributed by atoms with Crippen LogP contribution in [0.25, 0.3) is 22.3 Å². The molecule has 4 heterocycles. The van der Waals surface area contributed by atoms with Crippen LogP contribution in [0, 0.1) is 0 Å². The molecule has 10 nitrogen and oxygen atoms in total. The first-order valence-electron chi connectivity index (χ1n) is 11.8. The van der Waals surface area contributed by atoms with E-state index in [0.717, 1.165) is 48.8 Å². The monoisotopic (exact) mass is 519 g/mol. The van der Waals surface area contributed by atoms with E-state index in [1.807, 2.05) is 10.9 Å². The highest BCUT2D eigenvalue weighted by Crippen LogP contribution is 2.37. The SMILES string of the molecule is Nc1ncnc2c1c(-c1ccc(C(=O)Nc3cc(C(F)(F)F)ccn3)cc1)nn2[C@H]1CCCc2[nH]ncc21. The van der Waals surface area contributed by atoms with E-state index in [9.17, 15) is 18.0 Å². The van der Waals surface area contributed by atoms with E-state index < -0.39 is 17.6 Å². The second kappa shape index (κ2) is 8.94. The first-order chi connectivity index (χ1) is 18.3. The molecule has 4 N–H and O–H groups in total. The molecule has 0 saturated heterocycles. The van der Waals surface area contributed by atoms with Crippen LogP contribution < -0.4 is 11.1 Å². The van der Waals surface area contributed by atoms with Crippen molar-refractivity contribution in [1.82, 2.24) is 34.9 Å². The number of nitrogen functional groups attached to an aromatic ring is 1. The largest absolute Gasteiger partial charge is 0.416 e. The zero-order valence-corrected chi connectivity index (χ0v) is 19.7. The second-order valence-corrected chi connectivity index (χ2v) is 8.92. The van der Waals surface area contributed by atoms with Crippen LogP contribution in [0.15, 0.2) is 55.1 Å². The highest BCUT2D eigenvalue weighted by atomic mass is 19.4. The summed E-state index contributed by atoms with van der Waals surface area (Å²) in [6.07, 6.45) is 2.38. The fraction of sp³-hybridized carbons (Fsp3) is 0.200. The molecule has 0 bridgehead atoms. The number of nitrogens with one attached hydrogen (secondary N) is 2. The predicted molar refractivity (Wildman–Crippen MR) is 132 cm³/mol. The number of fused-ring (bicyclic) bond motifs is 2. The van der Waals surface area contributed by atoms with Gasteiger partial charge in [0.05, 0.1) is 23.2 Å². The van der Waals surface area contributed by atoms with E-state index in [2.05, 4.69) is 30.5 Å². The van der Waals surface area contributed by atoms with E-state index in [1.165, 1.54) is 6.33 Å². The number of pyridine rings is 1. The molecule has 0 radical (unpaired) electrons. The van der Waals surface area contributed by atoms with Crippen LogP contribution in [0.4, 0.5) is 24.8 Å². The van der Waals surface area contributed by atoms with Gasteiger partial charge in [-0.15, -0.1) is 0 Å². The van der Waals surface area contributed by atoms with Crippen LogP contribution in [0.5, 0.6) is 0 Å². The molecule has 0 aliphatic heterocycles. The van der Waals surface area contributed by atoms with Crippen molar-refractivity contribution < 1.29 is 18.0 Å². The third kappa shape index (κ3) is 4.11. The van der Waals surface area contributed by atoms with Crippen LogP contribution in [0.3, 0.4) is 0 Å². The molecule has 5 aromatic rings. The van der Waals surface area contributed by atoms with Gasteiger partial charge in [-0.25, -0.2) is 19.6 Å². The molecule has 1 amide bonds. The van der Waals surface area contributed by atoms with Crippen molar-refractivity contribution in [3.05, 3.63) is 77.5 Å². The number of benzene rings is 1. The van der Waals surface area contributed by atoms with E-state index in [4.69, 9.17) is 10.8 Å². The number of aromatic amines is 1. The van der Waals surface area contributed by atoms with Gasteiger partial charge < -0.3 is 11.1 Å². The molecule has 13 heteroatoms. The first-order valence-corrected chi connectivity index (χ1v) is 11.8. The van der Waals surface area contributed by atoms with Crippen molar-refractivity contribution in [3.63, 3.8) is 0 Å². The number of hydrogen-bond donors (Lipinski definition) is 3. The highest BCUT2D eigenvalue weighted by Gasteiger charge is 2.31. The Balaban J connectivity index is 1.32. The number of aryl methyl sites for hydroxylation is 1. The first kappa shape index (κ1) is 23.6. The Labute approximate surface area is 213 Å². The van der Waals surface area contributed by atoms with Gasteiger partial charge in [-0.3, -0.25) is 9.89 Å². The molecule has 0 fully saturated rings. The molecule has 4 aromatic heterocycles. The lowest BCUT2D eigenvalue weighted by Gasteiger charge is -2.22. The molecular weight excluding hydrogens is 499 g/mol. The minimum atomic E-state index is -4.54. The summed E-state index contributed by atoms with van der Waals surface area (Å²) in [5, 5.41) is 15.1. The standard InChI is InChI=1S/C25H20F3N9O/c26-25(27,28)15-8-9-30-19(10-15)34-24(38)14-6-4-13(5-7-14)21-20-22(29)31-12-32-23(20)37(36-21)18-3-1-2-17-16(18)11-33-35-17/h4-12,18H,1-3H2,(H,33,35)(H2,29,31,32)(H,30,34,38)/t18-/m0/s1. The summed E-state index contributed by atoms with van der Waals surface area (Å²) in [5.74, 6) is -0.525. The minimum absolute atomic E-state index is 0.0759. The number of rotatable bonds is 4. The summed E-state index contributed by atoms with van der Waals surface area (Å²) in [6, 6.07) is 8.03. The quantitative estimate of drug-likeness (QED) is 0.320. The van der Waals surface area contributed by atoms with Crippen molar-refractivity contribution in [2.24, 2.45) is 0 Å². The second-order valence-electron chi connectivity index (χ2n) is 8.92. The number of anilines is 2. The molecule has 192 valence electrons. The Hall–Kier alpha value is -4.81. The number of amides is 1. The van der Waals surface area contributed by atoms with Crippen LogP contribution in [0.2, 0.25) is 0 Å². The number of aromatic nitrogens is 7. The highest BCUT2D eigenvalue weighted by molar-refractivity contribution is 6.04. The summed E-state index contributed by atoms with van der Waals surface area (Å²) in [6.45, 7) is 0. The van der Waals surface area contributed by atoms with E-state index in [-0.39, 0.29) is 23.2 Å². The van der Waals surface area contributed by atoms with Crippen LogP contribution in [-0.2, 0) is 12.6 Å². The number of alkyl halides is 3. The molecule has 0 unspecified atom stereocenters. The molecule has 1 aromatic carbocycles. The fourth-order valence-corrected chi connectivity index (χ4v) is 4.75. The lowest BCUT2D eigenvalue weighted by atomic mass is 9.93. The third-order valence-electron chi connectivity index (χ3n) is 6.58. The fourth-order valence-electron chi connectivity index (χ4n) is 4.75. The summed E-state index contributed by atoms with van der Waals surface area (Å²) >= 11 is 0. The average Bonchev–Trinajstić information content (AvgIpc) is 3.54. The van der Waals surface area contributed by atoms with Gasteiger partial charge in [0.2, 0.25) is 0 Å². The Bertz CT molecular complexity index is 1660. The van der Waals surface area contributed by atoms with Crippen molar-refractivity contribution in [2.45, 2.75) is 31.5 Å². The summed E-state index contributed by atoms with van der Waals surface area (Å²) in [5.41, 5.74) is 9.52. The van der Waals surface area contributed by atoms with E-state index >= 15 is 0 Å². The maximum atomic E-state index is 13.0. The number of carbonyl (C=O) groups is 1. The normalized spacial score (nSPS) is 15.4. The molecule has 6 rings (SSSR count).